The Morgan fingerprint density at radius 3 is 2.48 bits per heavy atom. The van der Waals surface area contributed by atoms with E-state index in [-0.39, 0.29) is 0 Å². The quantitative estimate of drug-likeness (QED) is 0.694. The highest BCUT2D eigenvalue weighted by Crippen LogP contribution is 2.32. The van der Waals surface area contributed by atoms with Gasteiger partial charge in [0.2, 0.25) is 5.69 Å². The smallest absolute Gasteiger partial charge is 0.360 e. The summed E-state index contributed by atoms with van der Waals surface area (Å²) in [6.07, 6.45) is 4.16. The molecule has 1 unspecified atom stereocenters. The largest absolute Gasteiger partial charge is 0.503 e. The van der Waals surface area contributed by atoms with E-state index in [2.05, 4.69) is 22.1 Å². The average Bonchev–Trinajstić information content (AvgIpc) is 3.18. The summed E-state index contributed by atoms with van der Waals surface area (Å²) in [6.45, 7) is 0.868. The van der Waals surface area contributed by atoms with E-state index in [1.807, 2.05) is 36.4 Å². The molecule has 1 aliphatic heterocycles. The fraction of sp³-hybridized carbons (Fsp3) is 0.227. The molecular formula is C22H21N3O4. The molecule has 1 atom stereocenters. The zero-order valence-electron chi connectivity index (χ0n) is 15.7. The number of carboxylic acid groups (broad SMARTS) is 1. The molecule has 1 fully saturated rings. The van der Waals surface area contributed by atoms with Crippen LogP contribution in [-0.2, 0) is 6.42 Å². The van der Waals surface area contributed by atoms with Gasteiger partial charge in [0.25, 0.3) is 5.43 Å². The molecule has 1 aromatic heterocycles. The lowest BCUT2D eigenvalue weighted by Crippen LogP contribution is -2.32. The first-order valence-corrected chi connectivity index (χ1v) is 9.51. The van der Waals surface area contributed by atoms with E-state index in [1.165, 1.54) is 10.2 Å². The molecule has 4 rings (SSSR count). The van der Waals surface area contributed by atoms with E-state index in [9.17, 15) is 19.8 Å². The van der Waals surface area contributed by atoms with Crippen LogP contribution in [0.5, 0.6) is 5.75 Å². The van der Waals surface area contributed by atoms with Crippen LogP contribution in [0.15, 0.2) is 65.6 Å². The highest BCUT2D eigenvalue weighted by atomic mass is 16.4. The number of benzene rings is 2. The number of hydrogen-bond donors (Lipinski definition) is 2. The Morgan fingerprint density at radius 1 is 1.07 bits per heavy atom. The van der Waals surface area contributed by atoms with Gasteiger partial charge in [-0.3, -0.25) is 4.79 Å². The van der Waals surface area contributed by atoms with E-state index >= 15 is 0 Å². The van der Waals surface area contributed by atoms with Crippen LogP contribution in [0.1, 0.15) is 28.9 Å². The highest BCUT2D eigenvalue weighted by molar-refractivity contribution is 5.85. The van der Waals surface area contributed by atoms with Gasteiger partial charge in [0.1, 0.15) is 0 Å². The maximum atomic E-state index is 11.9. The van der Waals surface area contributed by atoms with Crippen molar-refractivity contribution < 1.29 is 15.0 Å². The molecule has 2 N–H and O–H groups in total. The molecular weight excluding hydrogens is 370 g/mol. The van der Waals surface area contributed by atoms with Crippen molar-refractivity contribution in [2.75, 3.05) is 11.4 Å². The van der Waals surface area contributed by atoms with Crippen molar-refractivity contribution in [2.45, 2.75) is 25.3 Å². The second-order valence-corrected chi connectivity index (χ2v) is 7.11. The van der Waals surface area contributed by atoms with Crippen molar-refractivity contribution >= 4 is 11.7 Å². The Kier molecular flexibility index (Phi) is 5.03. The Bertz CT molecular complexity index is 1090. The summed E-state index contributed by atoms with van der Waals surface area (Å²) in [4.78, 5) is 25.5. The number of nitrogens with zero attached hydrogens (tertiary/aromatic N) is 3. The molecule has 1 saturated heterocycles. The van der Waals surface area contributed by atoms with Gasteiger partial charge in [-0.15, -0.1) is 0 Å². The fourth-order valence-electron chi connectivity index (χ4n) is 3.89. The molecule has 2 heterocycles. The number of aromatic hydroxyl groups is 1. The van der Waals surface area contributed by atoms with Gasteiger partial charge in [0.05, 0.1) is 17.6 Å². The van der Waals surface area contributed by atoms with E-state index in [0.717, 1.165) is 37.7 Å². The number of para-hydroxylation sites is 2. The van der Waals surface area contributed by atoms with Crippen molar-refractivity contribution in [3.8, 4) is 11.4 Å². The Balaban J connectivity index is 1.74. The summed E-state index contributed by atoms with van der Waals surface area (Å²) in [7, 11) is 0. The maximum absolute atomic E-state index is 11.9. The van der Waals surface area contributed by atoms with Crippen molar-refractivity contribution in [3.05, 3.63) is 82.3 Å². The topological polar surface area (TPSA) is 95.7 Å². The van der Waals surface area contributed by atoms with E-state index < -0.39 is 22.8 Å². The predicted octanol–water partition coefficient (Wildman–Crippen LogP) is 2.85. The lowest BCUT2D eigenvalue weighted by atomic mass is 10.0. The summed E-state index contributed by atoms with van der Waals surface area (Å²) in [5.74, 6) is -2.12. The van der Waals surface area contributed by atoms with Crippen LogP contribution in [0, 0.1) is 0 Å². The number of rotatable bonds is 5. The SMILES string of the molecule is O=C(O)c1nn(-c2ccccc2N2CCCC2Cc2ccccc2)cc(O)c1=O. The Morgan fingerprint density at radius 2 is 1.76 bits per heavy atom. The number of carboxylic acids is 1. The van der Waals surface area contributed by atoms with Crippen LogP contribution in [0.4, 0.5) is 5.69 Å². The minimum atomic E-state index is -1.47. The fourth-order valence-corrected chi connectivity index (χ4v) is 3.89. The average molecular weight is 391 g/mol. The second kappa shape index (κ2) is 7.79. The monoisotopic (exact) mass is 391 g/mol. The van der Waals surface area contributed by atoms with Gasteiger partial charge in [-0.05, 0) is 37.0 Å². The first-order valence-electron chi connectivity index (χ1n) is 9.51. The molecule has 3 aromatic rings. The van der Waals surface area contributed by atoms with Crippen molar-refractivity contribution in [2.24, 2.45) is 0 Å². The van der Waals surface area contributed by atoms with Crippen molar-refractivity contribution in [1.29, 1.82) is 0 Å². The molecule has 0 saturated carbocycles. The highest BCUT2D eigenvalue weighted by Gasteiger charge is 2.27. The summed E-state index contributed by atoms with van der Waals surface area (Å²) in [5.41, 5.74) is 1.06. The zero-order valence-corrected chi connectivity index (χ0v) is 15.7. The van der Waals surface area contributed by atoms with Gasteiger partial charge in [-0.1, -0.05) is 42.5 Å². The molecule has 0 aliphatic carbocycles. The molecule has 0 radical (unpaired) electrons. The molecule has 0 bridgehead atoms. The van der Waals surface area contributed by atoms with Gasteiger partial charge in [-0.2, -0.15) is 5.10 Å². The predicted molar refractivity (Wildman–Crippen MR) is 109 cm³/mol. The van der Waals surface area contributed by atoms with E-state index in [0.29, 0.717) is 11.7 Å². The molecule has 2 aromatic carbocycles. The number of carbonyl (C=O) groups is 1. The van der Waals surface area contributed by atoms with Crippen molar-refractivity contribution in [1.82, 2.24) is 9.78 Å². The molecule has 1 aliphatic rings. The third kappa shape index (κ3) is 3.71. The molecule has 148 valence electrons. The lowest BCUT2D eigenvalue weighted by Gasteiger charge is -2.29. The van der Waals surface area contributed by atoms with Crippen LogP contribution in [0.2, 0.25) is 0 Å². The number of anilines is 1. The number of hydrogen-bond acceptors (Lipinski definition) is 5. The van der Waals surface area contributed by atoms with Gasteiger partial charge < -0.3 is 15.1 Å². The molecule has 0 amide bonds. The second-order valence-electron chi connectivity index (χ2n) is 7.11. The van der Waals surface area contributed by atoms with Gasteiger partial charge in [0, 0.05) is 12.6 Å². The van der Waals surface area contributed by atoms with Gasteiger partial charge in [0.15, 0.2) is 5.75 Å². The van der Waals surface area contributed by atoms with Crippen LogP contribution in [0.3, 0.4) is 0 Å². The van der Waals surface area contributed by atoms with E-state index in [1.54, 1.807) is 6.07 Å². The minimum Gasteiger partial charge on any atom is -0.503 e. The van der Waals surface area contributed by atoms with Crippen molar-refractivity contribution in [3.63, 3.8) is 0 Å². The number of aromatic carboxylic acids is 1. The molecule has 7 heteroatoms. The standard InChI is InChI=1S/C22H21N3O4/c26-19-14-25(23-20(21(19)27)22(28)29)18-11-5-4-10-17(18)24-12-6-9-16(24)13-15-7-2-1-3-8-15/h1-5,7-8,10-11,14,16,26H,6,9,12-13H2,(H,28,29). The lowest BCUT2D eigenvalue weighted by molar-refractivity contribution is 0.0686. The first-order chi connectivity index (χ1) is 14.0. The summed E-state index contributed by atoms with van der Waals surface area (Å²) in [5, 5.41) is 23.2. The normalized spacial score (nSPS) is 16.1. The Labute approximate surface area is 167 Å². The maximum Gasteiger partial charge on any atom is 0.360 e. The number of aromatic nitrogens is 2. The zero-order chi connectivity index (χ0) is 20.4. The Hall–Kier alpha value is -3.61. The van der Waals surface area contributed by atoms with E-state index in [4.69, 9.17) is 0 Å². The molecule has 0 spiro atoms. The van der Waals surface area contributed by atoms with Crippen LogP contribution >= 0.6 is 0 Å². The summed E-state index contributed by atoms with van der Waals surface area (Å²) in [6, 6.07) is 18.1. The molecule has 29 heavy (non-hydrogen) atoms. The minimum absolute atomic E-state index is 0.297. The molecule has 7 nitrogen and oxygen atoms in total. The van der Waals surface area contributed by atoms with Crippen LogP contribution in [0.25, 0.3) is 5.69 Å². The third-order valence-corrected chi connectivity index (χ3v) is 5.23. The first kappa shape index (κ1) is 18.7. The van der Waals surface area contributed by atoms with Gasteiger partial charge >= 0.3 is 5.97 Å². The van der Waals surface area contributed by atoms with Gasteiger partial charge in [-0.25, -0.2) is 9.48 Å². The summed E-state index contributed by atoms with van der Waals surface area (Å²) < 4.78 is 1.27. The third-order valence-electron chi connectivity index (χ3n) is 5.23. The summed E-state index contributed by atoms with van der Waals surface area (Å²) >= 11 is 0. The van der Waals surface area contributed by atoms with Crippen LogP contribution < -0.4 is 10.3 Å². The van der Waals surface area contributed by atoms with Crippen LogP contribution in [-0.4, -0.2) is 38.5 Å².